The van der Waals surface area contributed by atoms with Crippen LogP contribution in [0.3, 0.4) is 0 Å². The van der Waals surface area contributed by atoms with Crippen LogP contribution >= 0.6 is 0 Å². The fraction of sp³-hybridized carbons (Fsp3) is 0.400. The van der Waals surface area contributed by atoms with Crippen LogP contribution in [0, 0.1) is 0 Å². The summed E-state index contributed by atoms with van der Waals surface area (Å²) in [6.45, 7) is 5.86. The summed E-state index contributed by atoms with van der Waals surface area (Å²) in [6, 6.07) is 0.270. The third kappa shape index (κ3) is 2.05. The largest absolute Gasteiger partial charge is 0.326 e. The minimum Gasteiger partial charge on any atom is -0.326 e. The van der Waals surface area contributed by atoms with Crippen molar-refractivity contribution >= 4 is 5.78 Å². The summed E-state index contributed by atoms with van der Waals surface area (Å²) in [7, 11) is 0. The summed E-state index contributed by atoms with van der Waals surface area (Å²) in [4.78, 5) is 15.5. The average Bonchev–Trinajstić information content (AvgIpc) is 2.52. The second-order valence-corrected chi connectivity index (χ2v) is 3.12. The average molecular weight is 178 g/mol. The molecule has 13 heavy (non-hydrogen) atoms. The van der Waals surface area contributed by atoms with Gasteiger partial charge in [0.25, 0.3) is 0 Å². The van der Waals surface area contributed by atoms with Crippen LogP contribution in [-0.4, -0.2) is 15.3 Å². The summed E-state index contributed by atoms with van der Waals surface area (Å²) in [5.74, 6) is 0.467. The molecular weight excluding hydrogens is 164 g/mol. The first-order chi connectivity index (χ1) is 6.16. The van der Waals surface area contributed by atoms with Crippen molar-refractivity contribution in [1.82, 2.24) is 9.55 Å². The van der Waals surface area contributed by atoms with Gasteiger partial charge in [-0.2, -0.15) is 0 Å². The molecule has 0 saturated heterocycles. The predicted octanol–water partition coefficient (Wildman–Crippen LogP) is 2.22. The number of hydrogen-bond acceptors (Lipinski definition) is 2. The Hall–Kier alpha value is -1.38. The van der Waals surface area contributed by atoms with Gasteiger partial charge >= 0.3 is 0 Å². The Morgan fingerprint density at radius 1 is 1.62 bits per heavy atom. The highest BCUT2D eigenvalue weighted by molar-refractivity contribution is 6.01. The number of imidazole rings is 1. The van der Waals surface area contributed by atoms with E-state index in [0.717, 1.165) is 0 Å². The molecule has 0 atom stereocenters. The first kappa shape index (κ1) is 9.71. The van der Waals surface area contributed by atoms with Gasteiger partial charge in [-0.3, -0.25) is 4.79 Å². The molecular formula is C10H14N2O. The highest BCUT2D eigenvalue weighted by Crippen LogP contribution is 2.08. The molecule has 1 aromatic rings. The molecule has 0 aliphatic rings. The van der Waals surface area contributed by atoms with Gasteiger partial charge in [0.2, 0.25) is 5.78 Å². The van der Waals surface area contributed by atoms with E-state index in [1.165, 1.54) is 6.08 Å². The zero-order chi connectivity index (χ0) is 9.84. The number of carbonyl (C=O) groups excluding carboxylic acids is 1. The second kappa shape index (κ2) is 4.03. The zero-order valence-electron chi connectivity index (χ0n) is 8.19. The maximum Gasteiger partial charge on any atom is 0.220 e. The van der Waals surface area contributed by atoms with E-state index in [1.54, 1.807) is 12.3 Å². The maximum absolute atomic E-state index is 11.5. The summed E-state index contributed by atoms with van der Waals surface area (Å²) in [5, 5.41) is 0. The Morgan fingerprint density at radius 2 is 2.31 bits per heavy atom. The molecule has 0 fully saturated rings. The summed E-state index contributed by atoms with van der Waals surface area (Å²) >= 11 is 0. The van der Waals surface area contributed by atoms with E-state index in [-0.39, 0.29) is 11.8 Å². The molecule has 0 aromatic carbocycles. The van der Waals surface area contributed by atoms with Crippen molar-refractivity contribution in [3.63, 3.8) is 0 Å². The second-order valence-electron chi connectivity index (χ2n) is 3.12. The van der Waals surface area contributed by atoms with E-state index < -0.39 is 0 Å². The monoisotopic (exact) mass is 178 g/mol. The van der Waals surface area contributed by atoms with E-state index in [9.17, 15) is 4.79 Å². The maximum atomic E-state index is 11.5. The van der Waals surface area contributed by atoms with E-state index in [0.29, 0.717) is 5.82 Å². The summed E-state index contributed by atoms with van der Waals surface area (Å²) in [6.07, 6.45) is 6.72. The van der Waals surface area contributed by atoms with Gasteiger partial charge in [0, 0.05) is 18.4 Å². The smallest absolute Gasteiger partial charge is 0.220 e. The van der Waals surface area contributed by atoms with Crippen molar-refractivity contribution in [2.75, 3.05) is 0 Å². The molecule has 0 N–H and O–H groups in total. The standard InChI is InChI=1S/C10H14N2O/c1-4-5-9(13)10-11-6-7-12(10)8(2)3/h4-8H,1-3H3/b5-4-. The van der Waals surface area contributed by atoms with Gasteiger partial charge in [0.15, 0.2) is 5.82 Å². The van der Waals surface area contributed by atoms with Gasteiger partial charge in [-0.1, -0.05) is 6.08 Å². The molecule has 3 nitrogen and oxygen atoms in total. The van der Waals surface area contributed by atoms with Crippen LogP contribution in [0.2, 0.25) is 0 Å². The molecule has 0 aliphatic carbocycles. The Morgan fingerprint density at radius 3 is 2.85 bits per heavy atom. The third-order valence-electron chi connectivity index (χ3n) is 1.76. The molecule has 1 heterocycles. The van der Waals surface area contributed by atoms with Crippen LogP contribution in [0.15, 0.2) is 24.5 Å². The van der Waals surface area contributed by atoms with Crippen LogP contribution in [0.1, 0.15) is 37.4 Å². The first-order valence-corrected chi connectivity index (χ1v) is 4.36. The van der Waals surface area contributed by atoms with Crippen molar-refractivity contribution < 1.29 is 4.79 Å². The van der Waals surface area contributed by atoms with Gasteiger partial charge in [-0.15, -0.1) is 0 Å². The van der Waals surface area contributed by atoms with Gasteiger partial charge in [-0.05, 0) is 26.8 Å². The van der Waals surface area contributed by atoms with Crippen molar-refractivity contribution in [1.29, 1.82) is 0 Å². The minimum atomic E-state index is -0.0406. The summed E-state index contributed by atoms with van der Waals surface area (Å²) in [5.41, 5.74) is 0. The molecule has 1 aromatic heterocycles. The van der Waals surface area contributed by atoms with Gasteiger partial charge in [0.05, 0.1) is 0 Å². The molecule has 3 heteroatoms. The normalized spacial score (nSPS) is 11.4. The number of carbonyl (C=O) groups is 1. The van der Waals surface area contributed by atoms with Crippen LogP contribution in [0.4, 0.5) is 0 Å². The molecule has 0 aliphatic heterocycles. The van der Waals surface area contributed by atoms with Crippen molar-refractivity contribution in [2.45, 2.75) is 26.8 Å². The third-order valence-corrected chi connectivity index (χ3v) is 1.76. The quantitative estimate of drug-likeness (QED) is 0.525. The molecule has 0 unspecified atom stereocenters. The van der Waals surface area contributed by atoms with Gasteiger partial charge < -0.3 is 4.57 Å². The van der Waals surface area contributed by atoms with E-state index in [1.807, 2.05) is 31.5 Å². The van der Waals surface area contributed by atoms with Gasteiger partial charge in [0.1, 0.15) is 0 Å². The lowest BCUT2D eigenvalue weighted by molar-refractivity contribution is 0.103. The van der Waals surface area contributed by atoms with Crippen molar-refractivity contribution in [2.24, 2.45) is 0 Å². The fourth-order valence-corrected chi connectivity index (χ4v) is 1.15. The topological polar surface area (TPSA) is 34.9 Å². The van der Waals surface area contributed by atoms with E-state index in [4.69, 9.17) is 0 Å². The molecule has 0 radical (unpaired) electrons. The number of rotatable bonds is 3. The molecule has 0 amide bonds. The summed E-state index contributed by atoms with van der Waals surface area (Å²) < 4.78 is 1.86. The minimum absolute atomic E-state index is 0.0406. The van der Waals surface area contributed by atoms with E-state index in [2.05, 4.69) is 4.98 Å². The lowest BCUT2D eigenvalue weighted by atomic mass is 10.3. The molecule has 0 saturated carbocycles. The van der Waals surface area contributed by atoms with Crippen LogP contribution in [-0.2, 0) is 0 Å². The molecule has 70 valence electrons. The Balaban J connectivity index is 3.00. The fourth-order valence-electron chi connectivity index (χ4n) is 1.15. The number of aromatic nitrogens is 2. The zero-order valence-corrected chi connectivity index (χ0v) is 8.19. The number of ketones is 1. The predicted molar refractivity (Wildman–Crippen MR) is 51.8 cm³/mol. The molecule has 1 rings (SSSR count). The number of allylic oxidation sites excluding steroid dienone is 2. The molecule has 0 bridgehead atoms. The molecule has 0 spiro atoms. The highest BCUT2D eigenvalue weighted by atomic mass is 16.1. The highest BCUT2D eigenvalue weighted by Gasteiger charge is 2.10. The van der Waals surface area contributed by atoms with Crippen molar-refractivity contribution in [3.05, 3.63) is 30.4 Å². The Bertz CT molecular complexity index is 323. The van der Waals surface area contributed by atoms with E-state index >= 15 is 0 Å². The van der Waals surface area contributed by atoms with Crippen LogP contribution in [0.5, 0.6) is 0 Å². The van der Waals surface area contributed by atoms with Crippen LogP contribution in [0.25, 0.3) is 0 Å². The Kier molecular flexibility index (Phi) is 3.01. The van der Waals surface area contributed by atoms with Gasteiger partial charge in [-0.25, -0.2) is 4.98 Å². The van der Waals surface area contributed by atoms with Crippen molar-refractivity contribution in [3.8, 4) is 0 Å². The Labute approximate surface area is 78.1 Å². The SMILES string of the molecule is C/C=C\C(=O)c1nccn1C(C)C. The number of hydrogen-bond donors (Lipinski definition) is 0. The number of nitrogens with zero attached hydrogens (tertiary/aromatic N) is 2. The lowest BCUT2D eigenvalue weighted by Gasteiger charge is -2.08. The lowest BCUT2D eigenvalue weighted by Crippen LogP contribution is -2.09. The first-order valence-electron chi connectivity index (χ1n) is 4.36. The van der Waals surface area contributed by atoms with Crippen LogP contribution < -0.4 is 0 Å².